The fraction of sp³-hybridized carbons (Fsp3) is 0.806. The van der Waals surface area contributed by atoms with E-state index in [1.165, 1.54) is 96.0 Å². The van der Waals surface area contributed by atoms with Crippen LogP contribution in [0.1, 0.15) is 81.8 Å². The van der Waals surface area contributed by atoms with Crippen molar-refractivity contribution in [3.63, 3.8) is 0 Å². The van der Waals surface area contributed by atoms with Crippen molar-refractivity contribution in [1.29, 1.82) is 0 Å². The highest BCUT2D eigenvalue weighted by molar-refractivity contribution is 7.58. The van der Waals surface area contributed by atoms with Gasteiger partial charge in [0.05, 0.1) is 8.07 Å². The predicted octanol–water partition coefficient (Wildman–Crippen LogP) is 6.98. The van der Waals surface area contributed by atoms with Gasteiger partial charge in [-0.05, 0) is 123 Å². The molecule has 1 aromatic rings. The van der Waals surface area contributed by atoms with E-state index in [0.717, 1.165) is 35.2 Å². The Bertz CT molecular complexity index is 886. The average molecular weight is 543 g/mol. The van der Waals surface area contributed by atoms with Crippen LogP contribution in [0.15, 0.2) is 18.2 Å². The van der Waals surface area contributed by atoms with Crippen LogP contribution >= 0.6 is 17.2 Å². The second kappa shape index (κ2) is 10.7. The van der Waals surface area contributed by atoms with Gasteiger partial charge in [0, 0.05) is 11.6 Å². The molecule has 7 rings (SSSR count). The first-order valence-corrected chi connectivity index (χ1v) is 21.4. The van der Waals surface area contributed by atoms with Crippen LogP contribution in [0.2, 0.25) is 19.6 Å². The molecule has 0 aromatic heterocycles. The quantitative estimate of drug-likeness (QED) is 0.287. The van der Waals surface area contributed by atoms with E-state index in [9.17, 15) is 0 Å². The molecule has 5 heteroatoms. The number of hydrogen-bond donors (Lipinski definition) is 2. The van der Waals surface area contributed by atoms with Gasteiger partial charge in [-0.1, -0.05) is 63.8 Å². The maximum Gasteiger partial charge on any atom is 0.0776 e. The number of benzene rings is 1. The zero-order valence-electron chi connectivity index (χ0n) is 23.3. The molecule has 6 aliphatic rings. The van der Waals surface area contributed by atoms with E-state index >= 15 is 0 Å². The first kappa shape index (κ1) is 26.4. The summed E-state index contributed by atoms with van der Waals surface area (Å²) in [4.78, 5) is 0. The molecule has 2 aliphatic heterocycles. The standard InChI is InChI=1S/C31H52N2P2Si/c1-36(2,3)26-10-11-27(31-18-22-14-23(19-31)16-24(15-22)28(31)20-34)25(17-26)21-35(29-8-4-6-12-32-29)30-9-5-7-13-33-30/h10-11,17,22-24,28-30,32-33H,4-9,12-16,18-21,34H2,1-3H3. The highest BCUT2D eigenvalue weighted by atomic mass is 31.1. The SMILES string of the molecule is C[Si](C)(C)c1ccc(C23CC4CC(CC(C4)C2CP)C3)c(CP(C2CCCCN2)C2CCCCN2)c1. The molecule has 2 N–H and O–H groups in total. The zero-order chi connectivity index (χ0) is 24.9. The predicted molar refractivity (Wildman–Crippen MR) is 165 cm³/mol. The average Bonchev–Trinajstić information content (AvgIpc) is 2.87. The lowest BCUT2D eigenvalue weighted by molar-refractivity contribution is -0.0520. The Labute approximate surface area is 226 Å². The second-order valence-corrected chi connectivity index (χ2v) is 22.5. The molecule has 200 valence electrons. The van der Waals surface area contributed by atoms with Gasteiger partial charge in [0.1, 0.15) is 0 Å². The first-order valence-electron chi connectivity index (χ1n) is 15.4. The Morgan fingerprint density at radius 2 is 1.56 bits per heavy atom. The second-order valence-electron chi connectivity index (χ2n) is 14.3. The van der Waals surface area contributed by atoms with Crippen LogP contribution in [-0.4, -0.2) is 38.9 Å². The summed E-state index contributed by atoms with van der Waals surface area (Å²) in [5, 5.41) is 9.79. The lowest BCUT2D eigenvalue weighted by Gasteiger charge is -2.62. The summed E-state index contributed by atoms with van der Waals surface area (Å²) < 4.78 is 0. The number of hydrogen-bond acceptors (Lipinski definition) is 2. The lowest BCUT2D eigenvalue weighted by atomic mass is 9.43. The summed E-state index contributed by atoms with van der Waals surface area (Å²) in [7, 11) is 1.74. The Balaban J connectivity index is 1.42. The van der Waals surface area contributed by atoms with Gasteiger partial charge in [-0.2, -0.15) is 0 Å². The van der Waals surface area contributed by atoms with Gasteiger partial charge < -0.3 is 10.6 Å². The van der Waals surface area contributed by atoms with Crippen LogP contribution in [0.25, 0.3) is 0 Å². The van der Waals surface area contributed by atoms with Crippen LogP contribution in [0.5, 0.6) is 0 Å². The van der Waals surface area contributed by atoms with Crippen molar-refractivity contribution in [2.75, 3.05) is 19.3 Å². The van der Waals surface area contributed by atoms with Gasteiger partial charge in [0.2, 0.25) is 0 Å². The summed E-state index contributed by atoms with van der Waals surface area (Å²) in [5.41, 5.74) is 4.09. The molecule has 2 heterocycles. The monoisotopic (exact) mass is 542 g/mol. The van der Waals surface area contributed by atoms with Crippen LogP contribution in [-0.2, 0) is 11.6 Å². The molecule has 4 aliphatic carbocycles. The smallest absolute Gasteiger partial charge is 0.0776 e. The summed E-state index contributed by atoms with van der Waals surface area (Å²) in [6, 6.07) is 8.09. The third kappa shape index (κ3) is 4.96. The van der Waals surface area contributed by atoms with Gasteiger partial charge in [0.25, 0.3) is 0 Å². The topological polar surface area (TPSA) is 24.1 Å². The molecule has 0 spiro atoms. The molecule has 4 saturated carbocycles. The summed E-state index contributed by atoms with van der Waals surface area (Å²) >= 11 is 0. The van der Waals surface area contributed by atoms with Crippen molar-refractivity contribution in [3.05, 3.63) is 29.3 Å². The van der Waals surface area contributed by atoms with E-state index in [0.29, 0.717) is 5.41 Å². The molecule has 1 aromatic carbocycles. The van der Waals surface area contributed by atoms with E-state index in [2.05, 4.69) is 57.7 Å². The fourth-order valence-corrected chi connectivity index (χ4v) is 14.8. The number of nitrogens with one attached hydrogen (secondary N) is 2. The first-order chi connectivity index (χ1) is 17.4. The molecule has 6 unspecified atom stereocenters. The Morgan fingerprint density at radius 1 is 0.917 bits per heavy atom. The molecule has 0 amide bonds. The summed E-state index contributed by atoms with van der Waals surface area (Å²) in [6.07, 6.45) is 18.6. The van der Waals surface area contributed by atoms with Gasteiger partial charge in [-0.15, -0.1) is 9.24 Å². The van der Waals surface area contributed by atoms with Crippen molar-refractivity contribution in [3.8, 4) is 0 Å². The normalized spacial score (nSPS) is 39.3. The number of piperidine rings is 2. The number of rotatable bonds is 7. The minimum Gasteiger partial charge on any atom is -0.310 e. The maximum atomic E-state index is 4.05. The van der Waals surface area contributed by atoms with E-state index in [-0.39, 0.29) is 7.92 Å². The van der Waals surface area contributed by atoms with Crippen molar-refractivity contribution in [2.24, 2.45) is 23.7 Å². The molecule has 2 nitrogen and oxygen atoms in total. The molecule has 36 heavy (non-hydrogen) atoms. The zero-order valence-corrected chi connectivity index (χ0v) is 26.4. The summed E-state index contributed by atoms with van der Waals surface area (Å²) in [6.45, 7) is 10.1. The van der Waals surface area contributed by atoms with Gasteiger partial charge >= 0.3 is 0 Å². The highest BCUT2D eigenvalue weighted by Gasteiger charge is 2.57. The van der Waals surface area contributed by atoms with Crippen LogP contribution in [0.4, 0.5) is 0 Å². The Kier molecular flexibility index (Phi) is 7.82. The molecular formula is C31H52N2P2Si. The molecular weight excluding hydrogens is 490 g/mol. The molecule has 0 radical (unpaired) electrons. The van der Waals surface area contributed by atoms with Crippen LogP contribution < -0.4 is 15.8 Å². The van der Waals surface area contributed by atoms with Crippen molar-refractivity contribution >= 4 is 30.4 Å². The third-order valence-electron chi connectivity index (χ3n) is 11.0. The Morgan fingerprint density at radius 3 is 2.08 bits per heavy atom. The maximum absolute atomic E-state index is 4.05. The van der Waals surface area contributed by atoms with Crippen molar-refractivity contribution in [2.45, 2.75) is 113 Å². The minimum absolute atomic E-state index is 0.110. The largest absolute Gasteiger partial charge is 0.310 e. The minimum atomic E-state index is -1.36. The molecule has 2 saturated heterocycles. The lowest BCUT2D eigenvalue weighted by Crippen LogP contribution is -2.56. The highest BCUT2D eigenvalue weighted by Crippen LogP contribution is 2.65. The summed E-state index contributed by atoms with van der Waals surface area (Å²) in [5.74, 6) is 5.38. The van der Waals surface area contributed by atoms with E-state index < -0.39 is 8.07 Å². The Hall–Kier alpha value is 0.217. The fourth-order valence-electron chi connectivity index (χ4n) is 9.53. The van der Waals surface area contributed by atoms with E-state index in [1.54, 1.807) is 10.8 Å². The van der Waals surface area contributed by atoms with Gasteiger partial charge in [0.15, 0.2) is 0 Å². The van der Waals surface area contributed by atoms with E-state index in [4.69, 9.17) is 0 Å². The van der Waals surface area contributed by atoms with Crippen LogP contribution in [0.3, 0.4) is 0 Å². The van der Waals surface area contributed by atoms with Gasteiger partial charge in [-0.25, -0.2) is 0 Å². The molecule has 4 bridgehead atoms. The molecule has 6 atom stereocenters. The van der Waals surface area contributed by atoms with E-state index in [1.807, 2.05) is 5.56 Å². The van der Waals surface area contributed by atoms with Crippen molar-refractivity contribution < 1.29 is 0 Å². The third-order valence-corrected chi connectivity index (χ3v) is 16.7. The van der Waals surface area contributed by atoms with Crippen LogP contribution in [0, 0.1) is 23.7 Å². The molecule has 6 fully saturated rings. The van der Waals surface area contributed by atoms with Gasteiger partial charge in [-0.3, -0.25) is 0 Å². The van der Waals surface area contributed by atoms with Crippen molar-refractivity contribution in [1.82, 2.24) is 10.6 Å².